The molecule has 2 heterocycles. The molecule has 1 saturated carbocycles. The van der Waals surface area contributed by atoms with Gasteiger partial charge >= 0.3 is 0 Å². The fraction of sp³-hybridized carbons (Fsp3) is 0.611. The van der Waals surface area contributed by atoms with Gasteiger partial charge in [0.2, 0.25) is 5.91 Å². The van der Waals surface area contributed by atoms with Gasteiger partial charge < -0.3 is 14.7 Å². The van der Waals surface area contributed by atoms with Gasteiger partial charge in [0.1, 0.15) is 12.4 Å². The van der Waals surface area contributed by atoms with Crippen LogP contribution in [0.3, 0.4) is 0 Å². The lowest BCUT2D eigenvalue weighted by molar-refractivity contribution is -0.120. The van der Waals surface area contributed by atoms with Crippen molar-refractivity contribution < 1.29 is 14.6 Å². The molecule has 1 aromatic carbocycles. The second-order valence-corrected chi connectivity index (χ2v) is 7.20. The summed E-state index contributed by atoms with van der Waals surface area (Å²) in [6.07, 6.45) is 2.25. The van der Waals surface area contributed by atoms with Crippen molar-refractivity contribution in [3.8, 4) is 5.75 Å². The number of anilines is 1. The zero-order chi connectivity index (χ0) is 16.0. The third kappa shape index (κ3) is 2.62. The standard InChI is InChI=1S/C18H24N2O3/c1-13-10-19(12-18(13,22)14-6-7-14)11-17(21)20-8-9-23-16-5-3-2-4-15(16)20/h2-5,13-14,22H,6-12H2,1H3/t13-,18+/m1/s1. The molecule has 5 heteroatoms. The number of hydrogen-bond donors (Lipinski definition) is 1. The van der Waals surface area contributed by atoms with E-state index in [1.54, 1.807) is 0 Å². The normalized spacial score (nSPS) is 30.9. The highest BCUT2D eigenvalue weighted by atomic mass is 16.5. The number of nitrogens with zero attached hydrogens (tertiary/aromatic N) is 2. The van der Waals surface area contributed by atoms with Crippen LogP contribution in [0.4, 0.5) is 5.69 Å². The van der Waals surface area contributed by atoms with Crippen LogP contribution in [0.15, 0.2) is 24.3 Å². The summed E-state index contributed by atoms with van der Waals surface area (Å²) in [7, 11) is 0. The van der Waals surface area contributed by atoms with Gasteiger partial charge in [0.25, 0.3) is 0 Å². The minimum atomic E-state index is -0.594. The molecule has 3 aliphatic rings. The Bertz CT molecular complexity index is 616. The van der Waals surface area contributed by atoms with Gasteiger partial charge in [-0.05, 0) is 36.8 Å². The highest BCUT2D eigenvalue weighted by molar-refractivity contribution is 5.96. The van der Waals surface area contributed by atoms with E-state index in [2.05, 4.69) is 11.8 Å². The largest absolute Gasteiger partial charge is 0.490 e. The van der Waals surface area contributed by atoms with Crippen molar-refractivity contribution in [3.05, 3.63) is 24.3 Å². The number of amides is 1. The molecule has 1 saturated heterocycles. The summed E-state index contributed by atoms with van der Waals surface area (Å²) in [5.41, 5.74) is 0.261. The second-order valence-electron chi connectivity index (χ2n) is 7.20. The first-order chi connectivity index (χ1) is 11.1. The van der Waals surface area contributed by atoms with E-state index in [9.17, 15) is 9.90 Å². The van der Waals surface area contributed by atoms with Crippen molar-refractivity contribution in [2.75, 3.05) is 37.7 Å². The average molecular weight is 316 g/mol. The minimum absolute atomic E-state index is 0.0907. The molecular weight excluding hydrogens is 292 g/mol. The second kappa shape index (κ2) is 5.49. The molecule has 1 aromatic rings. The molecule has 23 heavy (non-hydrogen) atoms. The number of rotatable bonds is 3. The fourth-order valence-corrected chi connectivity index (χ4v) is 4.06. The van der Waals surface area contributed by atoms with Crippen LogP contribution in [0.1, 0.15) is 19.8 Å². The number of ether oxygens (including phenoxy) is 1. The predicted molar refractivity (Wildman–Crippen MR) is 87.6 cm³/mol. The molecule has 1 amide bonds. The predicted octanol–water partition coefficient (Wildman–Crippen LogP) is 1.50. The molecular formula is C18H24N2O3. The molecule has 4 rings (SSSR count). The summed E-state index contributed by atoms with van der Waals surface area (Å²) in [6.45, 7) is 5.01. The SMILES string of the molecule is C[C@@H]1CN(CC(=O)N2CCOc3ccccc32)C[C@@]1(O)C1CC1. The van der Waals surface area contributed by atoms with Crippen LogP contribution in [0, 0.1) is 11.8 Å². The number of hydrogen-bond acceptors (Lipinski definition) is 4. The van der Waals surface area contributed by atoms with E-state index in [1.807, 2.05) is 29.2 Å². The van der Waals surface area contributed by atoms with Gasteiger partial charge in [-0.3, -0.25) is 9.69 Å². The molecule has 124 valence electrons. The summed E-state index contributed by atoms with van der Waals surface area (Å²) in [5.74, 6) is 1.53. The maximum Gasteiger partial charge on any atom is 0.241 e. The molecule has 2 aliphatic heterocycles. The van der Waals surface area contributed by atoms with Gasteiger partial charge in [0.15, 0.2) is 0 Å². The van der Waals surface area contributed by atoms with E-state index >= 15 is 0 Å². The first kappa shape index (κ1) is 15.0. The zero-order valence-electron chi connectivity index (χ0n) is 13.6. The van der Waals surface area contributed by atoms with E-state index in [1.165, 1.54) is 0 Å². The Morgan fingerprint density at radius 2 is 2.17 bits per heavy atom. The molecule has 0 unspecified atom stereocenters. The van der Waals surface area contributed by atoms with Crippen LogP contribution in [0.25, 0.3) is 0 Å². The van der Waals surface area contributed by atoms with Crippen LogP contribution in [-0.4, -0.2) is 54.3 Å². The van der Waals surface area contributed by atoms with Gasteiger partial charge in [0.05, 0.1) is 24.4 Å². The van der Waals surface area contributed by atoms with E-state index in [4.69, 9.17) is 4.74 Å². The van der Waals surface area contributed by atoms with Crippen molar-refractivity contribution in [2.45, 2.75) is 25.4 Å². The van der Waals surface area contributed by atoms with Crippen LogP contribution in [-0.2, 0) is 4.79 Å². The van der Waals surface area contributed by atoms with Gasteiger partial charge in [-0.25, -0.2) is 0 Å². The van der Waals surface area contributed by atoms with Crippen molar-refractivity contribution in [2.24, 2.45) is 11.8 Å². The smallest absolute Gasteiger partial charge is 0.241 e. The van der Waals surface area contributed by atoms with Crippen LogP contribution in [0.2, 0.25) is 0 Å². The number of carbonyl (C=O) groups excluding carboxylic acids is 1. The number of likely N-dealkylation sites (tertiary alicyclic amines) is 1. The molecule has 5 nitrogen and oxygen atoms in total. The highest BCUT2D eigenvalue weighted by Gasteiger charge is 2.52. The quantitative estimate of drug-likeness (QED) is 0.918. The number of para-hydroxylation sites is 2. The Morgan fingerprint density at radius 1 is 1.39 bits per heavy atom. The van der Waals surface area contributed by atoms with Crippen LogP contribution >= 0.6 is 0 Å². The summed E-state index contributed by atoms with van der Waals surface area (Å²) < 4.78 is 5.62. The summed E-state index contributed by atoms with van der Waals surface area (Å²) in [4.78, 5) is 16.7. The fourth-order valence-electron chi connectivity index (χ4n) is 4.06. The summed E-state index contributed by atoms with van der Waals surface area (Å²) in [5, 5.41) is 10.9. The Morgan fingerprint density at radius 3 is 2.96 bits per heavy atom. The van der Waals surface area contributed by atoms with Crippen molar-refractivity contribution >= 4 is 11.6 Å². The van der Waals surface area contributed by atoms with Crippen molar-refractivity contribution in [1.82, 2.24) is 4.90 Å². The van der Waals surface area contributed by atoms with E-state index < -0.39 is 5.60 Å². The Labute approximate surface area is 136 Å². The van der Waals surface area contributed by atoms with E-state index in [-0.39, 0.29) is 11.8 Å². The first-order valence-electron chi connectivity index (χ1n) is 8.55. The third-order valence-electron chi connectivity index (χ3n) is 5.54. The van der Waals surface area contributed by atoms with Gasteiger partial charge in [0, 0.05) is 13.1 Å². The number of aliphatic hydroxyl groups is 1. The van der Waals surface area contributed by atoms with Gasteiger partial charge in [-0.15, -0.1) is 0 Å². The van der Waals surface area contributed by atoms with Crippen LogP contribution in [0.5, 0.6) is 5.75 Å². The lowest BCUT2D eigenvalue weighted by Gasteiger charge is -2.31. The van der Waals surface area contributed by atoms with E-state index in [0.29, 0.717) is 32.2 Å². The molecule has 0 bridgehead atoms. The minimum Gasteiger partial charge on any atom is -0.490 e. The molecule has 2 atom stereocenters. The number of fused-ring (bicyclic) bond motifs is 1. The van der Waals surface area contributed by atoms with Crippen molar-refractivity contribution in [3.63, 3.8) is 0 Å². The molecule has 0 radical (unpaired) electrons. The average Bonchev–Trinajstić information content (AvgIpc) is 3.35. The summed E-state index contributed by atoms with van der Waals surface area (Å²) in [6, 6.07) is 7.68. The van der Waals surface area contributed by atoms with Crippen LogP contribution < -0.4 is 9.64 Å². The van der Waals surface area contributed by atoms with Gasteiger partial charge in [-0.2, -0.15) is 0 Å². The molecule has 0 spiro atoms. The lowest BCUT2D eigenvalue weighted by Crippen LogP contribution is -2.45. The molecule has 0 aromatic heterocycles. The van der Waals surface area contributed by atoms with Gasteiger partial charge in [-0.1, -0.05) is 19.1 Å². The lowest BCUT2D eigenvalue weighted by atomic mass is 9.88. The maximum absolute atomic E-state index is 12.8. The molecule has 1 N–H and O–H groups in total. The monoisotopic (exact) mass is 316 g/mol. The number of benzene rings is 1. The van der Waals surface area contributed by atoms with E-state index in [0.717, 1.165) is 30.8 Å². The molecule has 2 fully saturated rings. The number of β-amino-alcohol motifs (C(OH)–C–C–N with tert-alkyl or cyclic N) is 1. The zero-order valence-corrected chi connectivity index (χ0v) is 13.6. The highest BCUT2D eigenvalue weighted by Crippen LogP contribution is 2.47. The number of carbonyl (C=O) groups is 1. The van der Waals surface area contributed by atoms with Crippen molar-refractivity contribution in [1.29, 1.82) is 0 Å². The Kier molecular flexibility index (Phi) is 3.58. The third-order valence-corrected chi connectivity index (χ3v) is 5.54. The topological polar surface area (TPSA) is 53.0 Å². The first-order valence-corrected chi connectivity index (χ1v) is 8.55. The molecule has 1 aliphatic carbocycles. The Hall–Kier alpha value is -1.59. The summed E-state index contributed by atoms with van der Waals surface area (Å²) >= 11 is 0. The Balaban J connectivity index is 1.45. The maximum atomic E-state index is 12.8.